The van der Waals surface area contributed by atoms with Gasteiger partial charge in [-0.25, -0.2) is 22.2 Å². The van der Waals surface area contributed by atoms with E-state index in [2.05, 4.69) is 27.0 Å². The molecule has 2 atom stereocenters. The second-order valence-corrected chi connectivity index (χ2v) is 13.5. The fourth-order valence-corrected chi connectivity index (χ4v) is 8.25. The summed E-state index contributed by atoms with van der Waals surface area (Å²) in [5, 5.41) is 17.4. The molecule has 0 bridgehead atoms. The van der Waals surface area contributed by atoms with Crippen LogP contribution in [0.15, 0.2) is 53.7 Å². The number of benzene rings is 1. The number of aliphatic carboxylic acids is 1. The number of carboxylic acid groups (broad SMARTS) is 1. The van der Waals surface area contributed by atoms with Gasteiger partial charge in [0.05, 0.1) is 12.0 Å². The number of hydrogen-bond acceptors (Lipinski definition) is 7. The van der Waals surface area contributed by atoms with Crippen molar-refractivity contribution < 1.29 is 27.1 Å². The van der Waals surface area contributed by atoms with Gasteiger partial charge in [0.2, 0.25) is 15.8 Å². The normalized spacial score (nSPS) is 20.7. The highest BCUT2D eigenvalue weighted by atomic mass is 32.2. The number of aryl methyl sites for hydroxylation is 2. The van der Waals surface area contributed by atoms with Gasteiger partial charge in [-0.1, -0.05) is 18.2 Å². The van der Waals surface area contributed by atoms with Crippen LogP contribution < -0.4 is 4.90 Å². The molecule has 2 aliphatic heterocycles. The first-order valence-corrected chi connectivity index (χ1v) is 15.5. The van der Waals surface area contributed by atoms with Gasteiger partial charge >= 0.3 is 5.97 Å². The Bertz CT molecular complexity index is 1850. The van der Waals surface area contributed by atoms with E-state index in [9.17, 15) is 27.1 Å². The molecule has 4 aromatic rings. The number of anilines is 1. The van der Waals surface area contributed by atoms with E-state index in [4.69, 9.17) is 0 Å². The summed E-state index contributed by atoms with van der Waals surface area (Å²) in [7, 11) is -3.90. The Kier molecular flexibility index (Phi) is 7.20. The number of sulfonamides is 1. The minimum atomic E-state index is -3.90. The van der Waals surface area contributed by atoms with E-state index in [1.54, 1.807) is 31.3 Å². The standard InChI is InChI=1S/C30H32F2N6O4S/c1-18-7-8-20(23(15-25(39)40)22-9-13-37-27(19(22)2)34-35-29(37)26(31)32)14-21(18)16-36-17-30(3)10-5-12-38(30)28-24(43(36,41)42)6-4-11-33-28/h4,6-9,11,13-14,23,26H,5,10,12,15-17H2,1-3H3,(H,39,40)/t23-,30+/m1/s1. The number of aromatic nitrogens is 4. The van der Waals surface area contributed by atoms with Crippen LogP contribution in [0.5, 0.6) is 0 Å². The Morgan fingerprint density at radius 3 is 2.70 bits per heavy atom. The van der Waals surface area contributed by atoms with Crippen LogP contribution in [0, 0.1) is 13.8 Å². The molecule has 0 radical (unpaired) electrons. The number of halogens is 2. The molecule has 0 spiro atoms. The fourth-order valence-electron chi connectivity index (χ4n) is 6.57. The number of carbonyl (C=O) groups is 1. The molecule has 5 heterocycles. The minimum absolute atomic E-state index is 0.0967. The maximum Gasteiger partial charge on any atom is 0.304 e. The molecule has 1 N–H and O–H groups in total. The zero-order valence-corrected chi connectivity index (χ0v) is 24.9. The van der Waals surface area contributed by atoms with Gasteiger partial charge in [0.15, 0.2) is 5.65 Å². The first kappa shape index (κ1) is 29.1. The molecule has 0 amide bonds. The third-order valence-electron chi connectivity index (χ3n) is 8.86. The molecule has 6 rings (SSSR count). The average Bonchev–Trinajstić information content (AvgIpc) is 3.55. The number of fused-ring (bicyclic) bond motifs is 4. The molecule has 1 fully saturated rings. The fraction of sp³-hybridized carbons (Fsp3) is 0.400. The molecule has 0 unspecified atom stereocenters. The molecule has 0 saturated carbocycles. The van der Waals surface area contributed by atoms with Gasteiger partial charge in [-0.05, 0) is 79.6 Å². The van der Waals surface area contributed by atoms with Gasteiger partial charge in [-0.2, -0.15) is 4.31 Å². The quantitative estimate of drug-likeness (QED) is 0.315. The van der Waals surface area contributed by atoms with E-state index in [1.807, 2.05) is 25.1 Å². The van der Waals surface area contributed by atoms with E-state index >= 15 is 0 Å². The number of rotatable bonds is 7. The molecular weight excluding hydrogens is 578 g/mol. The van der Waals surface area contributed by atoms with Crippen LogP contribution in [0.2, 0.25) is 0 Å². The van der Waals surface area contributed by atoms with Gasteiger partial charge in [0.25, 0.3) is 6.43 Å². The third kappa shape index (κ3) is 4.93. The van der Waals surface area contributed by atoms with E-state index in [0.29, 0.717) is 22.5 Å². The average molecular weight is 611 g/mol. The Morgan fingerprint density at radius 1 is 1.16 bits per heavy atom. The smallest absolute Gasteiger partial charge is 0.304 e. The van der Waals surface area contributed by atoms with Crippen LogP contribution in [-0.2, 0) is 21.4 Å². The Labute approximate surface area is 248 Å². The summed E-state index contributed by atoms with van der Waals surface area (Å²) in [5.74, 6) is -1.68. The second-order valence-electron chi connectivity index (χ2n) is 11.6. The van der Waals surface area contributed by atoms with E-state index < -0.39 is 39.7 Å². The Morgan fingerprint density at radius 2 is 1.95 bits per heavy atom. The molecule has 43 heavy (non-hydrogen) atoms. The SMILES string of the molecule is Cc1ccc([C@@H](CC(=O)O)c2ccn3c(C(F)F)nnc3c2C)cc1CN1C[C@]2(C)CCCN2c2ncccc2S1(=O)=O. The predicted molar refractivity (Wildman–Crippen MR) is 155 cm³/mol. The Hall–Kier alpha value is -3.97. The summed E-state index contributed by atoms with van der Waals surface area (Å²) >= 11 is 0. The highest BCUT2D eigenvalue weighted by Gasteiger charge is 2.47. The summed E-state index contributed by atoms with van der Waals surface area (Å²) in [6, 6.07) is 10.4. The molecule has 2 aliphatic rings. The molecule has 13 heteroatoms. The first-order chi connectivity index (χ1) is 20.4. The van der Waals surface area contributed by atoms with E-state index in [1.165, 1.54) is 14.9 Å². The predicted octanol–water partition coefficient (Wildman–Crippen LogP) is 4.85. The maximum atomic E-state index is 14.0. The molecule has 3 aromatic heterocycles. The third-order valence-corrected chi connectivity index (χ3v) is 10.7. The van der Waals surface area contributed by atoms with Crippen molar-refractivity contribution in [2.24, 2.45) is 0 Å². The topological polar surface area (TPSA) is 121 Å². The van der Waals surface area contributed by atoms with Crippen molar-refractivity contribution in [3.05, 3.63) is 82.4 Å². The van der Waals surface area contributed by atoms with Crippen molar-refractivity contribution in [1.82, 2.24) is 23.9 Å². The van der Waals surface area contributed by atoms with Crippen molar-refractivity contribution >= 4 is 27.5 Å². The highest BCUT2D eigenvalue weighted by Crippen LogP contribution is 2.42. The van der Waals surface area contributed by atoms with Gasteiger partial charge in [0.1, 0.15) is 10.7 Å². The number of hydrogen-bond donors (Lipinski definition) is 1. The molecule has 10 nitrogen and oxygen atoms in total. The van der Waals surface area contributed by atoms with Crippen LogP contribution in [0.3, 0.4) is 0 Å². The number of nitrogens with zero attached hydrogens (tertiary/aromatic N) is 6. The van der Waals surface area contributed by atoms with Gasteiger partial charge in [-0.15, -0.1) is 10.2 Å². The molecule has 1 saturated heterocycles. The maximum absolute atomic E-state index is 14.0. The lowest BCUT2D eigenvalue weighted by Crippen LogP contribution is -2.49. The number of carboxylic acids is 1. The van der Waals surface area contributed by atoms with Crippen molar-refractivity contribution in [3.63, 3.8) is 0 Å². The second kappa shape index (κ2) is 10.6. The summed E-state index contributed by atoms with van der Waals surface area (Å²) in [5.41, 5.74) is 3.26. The van der Waals surface area contributed by atoms with Crippen LogP contribution in [-0.4, -0.2) is 62.0 Å². The van der Waals surface area contributed by atoms with Gasteiger partial charge < -0.3 is 10.0 Å². The van der Waals surface area contributed by atoms with Crippen LogP contribution in [0.1, 0.15) is 72.2 Å². The highest BCUT2D eigenvalue weighted by molar-refractivity contribution is 7.89. The number of pyridine rings is 2. The van der Waals surface area contributed by atoms with Crippen LogP contribution in [0.4, 0.5) is 14.6 Å². The van der Waals surface area contributed by atoms with E-state index in [-0.39, 0.29) is 30.1 Å². The summed E-state index contributed by atoms with van der Waals surface area (Å²) in [6.07, 6.45) is 1.74. The molecule has 0 aliphatic carbocycles. The van der Waals surface area contributed by atoms with Crippen LogP contribution >= 0.6 is 0 Å². The van der Waals surface area contributed by atoms with Crippen LogP contribution in [0.25, 0.3) is 5.65 Å². The lowest BCUT2D eigenvalue weighted by molar-refractivity contribution is -0.137. The van der Waals surface area contributed by atoms with E-state index in [0.717, 1.165) is 30.5 Å². The van der Waals surface area contributed by atoms with Crippen molar-refractivity contribution in [3.8, 4) is 0 Å². The summed E-state index contributed by atoms with van der Waals surface area (Å²) in [6.45, 7) is 6.78. The molecule has 1 aromatic carbocycles. The Balaban J connectivity index is 1.41. The monoisotopic (exact) mass is 610 g/mol. The van der Waals surface area contributed by atoms with Crippen molar-refractivity contribution in [2.45, 2.75) is 69.4 Å². The lowest BCUT2D eigenvalue weighted by Gasteiger charge is -2.36. The summed E-state index contributed by atoms with van der Waals surface area (Å²) in [4.78, 5) is 18.8. The van der Waals surface area contributed by atoms with Gasteiger partial charge in [-0.3, -0.25) is 9.20 Å². The minimum Gasteiger partial charge on any atom is -0.481 e. The zero-order chi connectivity index (χ0) is 30.7. The lowest BCUT2D eigenvalue weighted by atomic mass is 9.85. The summed E-state index contributed by atoms with van der Waals surface area (Å²) < 4.78 is 57.7. The molecule has 226 valence electrons. The molecular formula is C30H32F2N6O4S. The van der Waals surface area contributed by atoms with Crippen molar-refractivity contribution in [2.75, 3.05) is 18.0 Å². The first-order valence-electron chi connectivity index (χ1n) is 14.1. The zero-order valence-electron chi connectivity index (χ0n) is 24.0. The largest absolute Gasteiger partial charge is 0.481 e. The van der Waals surface area contributed by atoms with Crippen molar-refractivity contribution in [1.29, 1.82) is 0 Å². The van der Waals surface area contributed by atoms with Gasteiger partial charge in [0, 0.05) is 37.9 Å². The number of alkyl halides is 2.